The highest BCUT2D eigenvalue weighted by molar-refractivity contribution is 7.92. The van der Waals surface area contributed by atoms with Crippen molar-refractivity contribution < 1.29 is 13.2 Å². The van der Waals surface area contributed by atoms with E-state index in [9.17, 15) is 13.2 Å². The number of aromatic nitrogens is 1. The first-order chi connectivity index (χ1) is 12.4. The molecule has 0 aliphatic carbocycles. The topological polar surface area (TPSA) is 88.2 Å². The molecule has 1 aromatic heterocycles. The van der Waals surface area contributed by atoms with Gasteiger partial charge in [-0.25, -0.2) is 13.4 Å². The van der Waals surface area contributed by atoms with E-state index in [1.165, 1.54) is 0 Å². The van der Waals surface area contributed by atoms with E-state index >= 15 is 0 Å². The number of carbonyl (C=O) groups is 1. The van der Waals surface area contributed by atoms with Gasteiger partial charge >= 0.3 is 0 Å². The third kappa shape index (κ3) is 4.87. The number of nitrogens with zero attached hydrogens (tertiary/aromatic N) is 1. The molecule has 1 amide bonds. The third-order valence-corrected chi connectivity index (χ3v) is 7.73. The first-order valence-corrected chi connectivity index (χ1v) is 11.4. The van der Waals surface area contributed by atoms with Crippen LogP contribution in [-0.4, -0.2) is 49.9 Å². The van der Waals surface area contributed by atoms with Crippen LogP contribution in [0.3, 0.4) is 0 Å². The molecule has 0 spiro atoms. The van der Waals surface area contributed by atoms with Gasteiger partial charge in [-0.05, 0) is 25.9 Å². The standard InChI is InChI=1S/C18H23N3O3S2.ClH/c1-26(23,24)18(8-11-19-12-9-18)17(22)20-10-7-15-13-25-16(21-15)14-5-3-2-4-6-14;/h2-6,13,19H,7-12H2,1H3,(H,20,22);1H. The molecule has 148 valence electrons. The van der Waals surface area contributed by atoms with Gasteiger partial charge in [-0.2, -0.15) is 0 Å². The second-order valence-corrected chi connectivity index (χ2v) is 9.72. The summed E-state index contributed by atoms with van der Waals surface area (Å²) in [5, 5.41) is 8.85. The SMILES string of the molecule is CS(=O)(=O)C1(C(=O)NCCc2csc(-c3ccccc3)n2)CCNCC1.Cl. The Morgan fingerprint density at radius 2 is 1.93 bits per heavy atom. The number of thiazole rings is 1. The lowest BCUT2D eigenvalue weighted by atomic mass is 9.96. The van der Waals surface area contributed by atoms with Gasteiger partial charge in [0.25, 0.3) is 0 Å². The quantitative estimate of drug-likeness (QED) is 0.733. The molecule has 0 bridgehead atoms. The Hall–Kier alpha value is -1.48. The highest BCUT2D eigenvalue weighted by Gasteiger charge is 2.48. The zero-order valence-corrected chi connectivity index (χ0v) is 17.6. The van der Waals surface area contributed by atoms with Gasteiger partial charge in [-0.3, -0.25) is 4.79 Å². The summed E-state index contributed by atoms with van der Waals surface area (Å²) in [6.45, 7) is 1.45. The average molecular weight is 430 g/mol. The maximum absolute atomic E-state index is 12.6. The van der Waals surface area contributed by atoms with Gasteiger partial charge in [0.15, 0.2) is 14.6 Å². The van der Waals surface area contributed by atoms with Crippen molar-refractivity contribution in [2.24, 2.45) is 0 Å². The van der Waals surface area contributed by atoms with Crippen LogP contribution in [0, 0.1) is 0 Å². The van der Waals surface area contributed by atoms with Crippen molar-refractivity contribution in [1.29, 1.82) is 0 Å². The van der Waals surface area contributed by atoms with Crippen molar-refractivity contribution in [3.63, 3.8) is 0 Å². The molecule has 2 aromatic rings. The molecule has 1 aromatic carbocycles. The third-order valence-electron chi connectivity index (χ3n) is 4.77. The smallest absolute Gasteiger partial charge is 0.241 e. The van der Waals surface area contributed by atoms with Crippen molar-refractivity contribution >= 4 is 39.5 Å². The number of halogens is 1. The molecule has 1 fully saturated rings. The van der Waals surface area contributed by atoms with E-state index in [2.05, 4.69) is 15.6 Å². The number of carbonyl (C=O) groups excluding carboxylic acids is 1. The summed E-state index contributed by atoms with van der Waals surface area (Å²) in [5.74, 6) is -0.389. The van der Waals surface area contributed by atoms with Crippen LogP contribution in [0.2, 0.25) is 0 Å². The summed E-state index contributed by atoms with van der Waals surface area (Å²) in [4.78, 5) is 17.2. The lowest BCUT2D eigenvalue weighted by molar-refractivity contribution is -0.124. The second-order valence-electron chi connectivity index (χ2n) is 6.53. The lowest BCUT2D eigenvalue weighted by Crippen LogP contribution is -2.57. The number of benzene rings is 1. The zero-order chi connectivity index (χ0) is 18.6. The van der Waals surface area contributed by atoms with Gasteiger partial charge in [0.05, 0.1) is 5.69 Å². The Balaban J connectivity index is 0.00000261. The largest absolute Gasteiger partial charge is 0.354 e. The molecule has 0 atom stereocenters. The van der Waals surface area contributed by atoms with E-state index in [0.29, 0.717) is 38.9 Å². The van der Waals surface area contributed by atoms with Crippen LogP contribution in [0.1, 0.15) is 18.5 Å². The fourth-order valence-electron chi connectivity index (χ4n) is 3.20. The number of amides is 1. The molecule has 2 N–H and O–H groups in total. The van der Waals surface area contributed by atoms with E-state index in [0.717, 1.165) is 22.5 Å². The lowest BCUT2D eigenvalue weighted by Gasteiger charge is -2.34. The molecular weight excluding hydrogens is 406 g/mol. The van der Waals surface area contributed by atoms with Crippen molar-refractivity contribution in [3.05, 3.63) is 41.4 Å². The van der Waals surface area contributed by atoms with Gasteiger partial charge < -0.3 is 10.6 Å². The highest BCUT2D eigenvalue weighted by atomic mass is 35.5. The summed E-state index contributed by atoms with van der Waals surface area (Å²) < 4.78 is 23.2. The Morgan fingerprint density at radius 1 is 1.26 bits per heavy atom. The maximum atomic E-state index is 12.6. The minimum absolute atomic E-state index is 0. The second kappa shape index (κ2) is 9.14. The van der Waals surface area contributed by atoms with Gasteiger partial charge in [-0.1, -0.05) is 30.3 Å². The van der Waals surface area contributed by atoms with E-state index < -0.39 is 14.6 Å². The monoisotopic (exact) mass is 429 g/mol. The predicted octanol–water partition coefficient (Wildman–Crippen LogP) is 2.06. The van der Waals surface area contributed by atoms with Crippen LogP contribution in [0.5, 0.6) is 0 Å². The van der Waals surface area contributed by atoms with Crippen molar-refractivity contribution in [3.8, 4) is 10.6 Å². The summed E-state index contributed by atoms with van der Waals surface area (Å²) in [6.07, 6.45) is 2.36. The normalized spacial score (nSPS) is 16.3. The Bertz CT molecular complexity index is 863. The molecule has 0 unspecified atom stereocenters. The van der Waals surface area contributed by atoms with Gasteiger partial charge in [0.1, 0.15) is 5.01 Å². The fraction of sp³-hybridized carbons (Fsp3) is 0.444. The molecule has 1 aliphatic rings. The fourth-order valence-corrected chi connectivity index (χ4v) is 5.41. The first kappa shape index (κ1) is 21.8. The van der Waals surface area contributed by atoms with Gasteiger partial charge in [0, 0.05) is 30.2 Å². The molecule has 0 radical (unpaired) electrons. The van der Waals surface area contributed by atoms with Crippen LogP contribution in [0.15, 0.2) is 35.7 Å². The number of rotatable bonds is 6. The van der Waals surface area contributed by atoms with Gasteiger partial charge in [0.2, 0.25) is 5.91 Å². The van der Waals surface area contributed by atoms with E-state index in [1.54, 1.807) is 11.3 Å². The maximum Gasteiger partial charge on any atom is 0.241 e. The Kier molecular flexibility index (Phi) is 7.39. The molecule has 2 heterocycles. The molecular formula is C18H24ClN3O3S2. The molecule has 3 rings (SSSR count). The molecule has 27 heavy (non-hydrogen) atoms. The van der Waals surface area contributed by atoms with Crippen molar-refractivity contribution in [2.75, 3.05) is 25.9 Å². The van der Waals surface area contributed by atoms with E-state index in [1.807, 2.05) is 35.7 Å². The summed E-state index contributed by atoms with van der Waals surface area (Å²) in [6, 6.07) is 9.93. The summed E-state index contributed by atoms with van der Waals surface area (Å²) in [5.41, 5.74) is 1.96. The van der Waals surface area contributed by atoms with Crippen molar-refractivity contribution in [1.82, 2.24) is 15.6 Å². The van der Waals surface area contributed by atoms with Crippen LogP contribution in [0.4, 0.5) is 0 Å². The zero-order valence-electron chi connectivity index (χ0n) is 15.1. The van der Waals surface area contributed by atoms with Crippen LogP contribution in [0.25, 0.3) is 10.6 Å². The first-order valence-electron chi connectivity index (χ1n) is 8.61. The minimum atomic E-state index is -3.48. The van der Waals surface area contributed by atoms with Gasteiger partial charge in [-0.15, -0.1) is 23.7 Å². The molecule has 1 saturated heterocycles. The van der Waals surface area contributed by atoms with Crippen molar-refractivity contribution in [2.45, 2.75) is 24.0 Å². The van der Waals surface area contributed by atoms with E-state index in [4.69, 9.17) is 0 Å². The molecule has 1 aliphatic heterocycles. The molecule has 9 heteroatoms. The number of hydrogen-bond donors (Lipinski definition) is 2. The Labute approximate surface area is 170 Å². The number of sulfone groups is 1. The van der Waals surface area contributed by atoms with Crippen LogP contribution < -0.4 is 10.6 Å². The number of piperidine rings is 1. The summed E-state index contributed by atoms with van der Waals surface area (Å²) in [7, 11) is -3.48. The van der Waals surface area contributed by atoms with Crippen LogP contribution in [-0.2, 0) is 21.1 Å². The average Bonchev–Trinajstić information content (AvgIpc) is 3.11. The number of nitrogens with one attached hydrogen (secondary N) is 2. The Morgan fingerprint density at radius 3 is 2.56 bits per heavy atom. The molecule has 6 nitrogen and oxygen atoms in total. The predicted molar refractivity (Wildman–Crippen MR) is 111 cm³/mol. The highest BCUT2D eigenvalue weighted by Crippen LogP contribution is 2.28. The molecule has 0 saturated carbocycles. The van der Waals surface area contributed by atoms with Crippen LogP contribution >= 0.6 is 23.7 Å². The summed E-state index contributed by atoms with van der Waals surface area (Å²) >= 11 is 1.57. The van der Waals surface area contributed by atoms with E-state index in [-0.39, 0.29) is 18.3 Å². The number of hydrogen-bond acceptors (Lipinski definition) is 6. The minimum Gasteiger partial charge on any atom is -0.354 e.